The van der Waals surface area contributed by atoms with E-state index in [0.717, 1.165) is 44.9 Å². The molecule has 0 aliphatic heterocycles. The van der Waals surface area contributed by atoms with E-state index >= 15 is 0 Å². The molecule has 3 N–H and O–H groups in total. The molecule has 0 spiro atoms. The zero-order chi connectivity index (χ0) is 20.8. The second-order valence-corrected chi connectivity index (χ2v) is 10.2. The highest BCUT2D eigenvalue weighted by atomic mass is 16.4. The first kappa shape index (κ1) is 20.4. The number of nitrogens with one attached hydrogen (secondary N) is 2. The predicted octanol–water partition coefficient (Wildman–Crippen LogP) is 3.52. The van der Waals surface area contributed by atoms with Crippen LogP contribution in [-0.2, 0) is 9.59 Å². The van der Waals surface area contributed by atoms with Crippen LogP contribution in [0.5, 0.6) is 0 Å². The topological polar surface area (TPSA) is 95.5 Å². The molecule has 6 atom stereocenters. The van der Waals surface area contributed by atoms with Crippen LogP contribution in [0, 0.1) is 34.5 Å². The zero-order valence-corrected chi connectivity index (χ0v) is 17.6. The Labute approximate surface area is 172 Å². The fourth-order valence-corrected chi connectivity index (χ4v) is 7.47. The molecule has 4 aliphatic carbocycles. The molecule has 2 amide bonds. The van der Waals surface area contributed by atoms with Crippen LogP contribution in [0.4, 0.5) is 4.79 Å². The van der Waals surface area contributed by atoms with E-state index in [4.69, 9.17) is 5.11 Å². The lowest BCUT2D eigenvalue weighted by Gasteiger charge is -2.58. The minimum absolute atomic E-state index is 0.0240. The molecule has 3 fully saturated rings. The molecular formula is C23H34N2O4. The van der Waals surface area contributed by atoms with Gasteiger partial charge in [0.25, 0.3) is 0 Å². The fourth-order valence-electron chi connectivity index (χ4n) is 7.47. The number of hydrogen-bond donors (Lipinski definition) is 3. The Morgan fingerprint density at radius 2 is 1.79 bits per heavy atom. The number of ketones is 1. The number of fused-ring (bicyclic) bond motifs is 5. The monoisotopic (exact) mass is 402 g/mol. The van der Waals surface area contributed by atoms with Gasteiger partial charge < -0.3 is 15.7 Å². The lowest BCUT2D eigenvalue weighted by molar-refractivity contribution is -0.132. The van der Waals surface area contributed by atoms with Crippen molar-refractivity contribution in [1.29, 1.82) is 0 Å². The molecule has 160 valence electrons. The Morgan fingerprint density at radius 3 is 2.55 bits per heavy atom. The average molecular weight is 403 g/mol. The summed E-state index contributed by atoms with van der Waals surface area (Å²) in [6.45, 7) is 5.29. The van der Waals surface area contributed by atoms with Crippen LogP contribution in [0.15, 0.2) is 11.6 Å². The van der Waals surface area contributed by atoms with Gasteiger partial charge in [-0.1, -0.05) is 19.4 Å². The maximum absolute atomic E-state index is 12.9. The molecule has 0 heterocycles. The Hall–Kier alpha value is -1.85. The van der Waals surface area contributed by atoms with E-state index in [2.05, 4.69) is 24.5 Å². The molecule has 4 rings (SSSR count). The number of carbonyl (C=O) groups is 3. The number of allylic oxidation sites excluding steroid dienone is 1. The number of rotatable bonds is 4. The summed E-state index contributed by atoms with van der Waals surface area (Å²) in [5, 5.41) is 13.9. The number of carboxylic acid groups (broad SMARTS) is 1. The van der Waals surface area contributed by atoms with Crippen molar-refractivity contribution in [3.8, 4) is 0 Å². The van der Waals surface area contributed by atoms with E-state index in [1.807, 2.05) is 6.08 Å². The van der Waals surface area contributed by atoms with Crippen LogP contribution in [0.25, 0.3) is 0 Å². The van der Waals surface area contributed by atoms with E-state index in [0.29, 0.717) is 36.5 Å². The lowest BCUT2D eigenvalue weighted by Crippen LogP contribution is -2.52. The van der Waals surface area contributed by atoms with Crippen LogP contribution in [0.2, 0.25) is 0 Å². The van der Waals surface area contributed by atoms with Gasteiger partial charge in [0.2, 0.25) is 5.91 Å². The molecule has 6 nitrogen and oxygen atoms in total. The molecule has 3 saturated carbocycles. The van der Waals surface area contributed by atoms with Crippen molar-refractivity contribution in [2.75, 3.05) is 13.1 Å². The van der Waals surface area contributed by atoms with Crippen molar-refractivity contribution in [3.05, 3.63) is 11.6 Å². The summed E-state index contributed by atoms with van der Waals surface area (Å²) in [4.78, 5) is 35.4. The third kappa shape index (κ3) is 3.38. The van der Waals surface area contributed by atoms with E-state index in [-0.39, 0.29) is 29.2 Å². The predicted molar refractivity (Wildman–Crippen MR) is 109 cm³/mol. The van der Waals surface area contributed by atoms with Gasteiger partial charge in [0.1, 0.15) is 0 Å². The number of hydrogen-bond acceptors (Lipinski definition) is 3. The highest BCUT2D eigenvalue weighted by Crippen LogP contribution is 2.66. The van der Waals surface area contributed by atoms with Gasteiger partial charge in [-0.2, -0.15) is 0 Å². The molecule has 4 aliphatic rings. The first-order valence-electron chi connectivity index (χ1n) is 11.2. The van der Waals surface area contributed by atoms with E-state index in [9.17, 15) is 14.4 Å². The summed E-state index contributed by atoms with van der Waals surface area (Å²) < 4.78 is 0. The lowest BCUT2D eigenvalue weighted by atomic mass is 9.47. The maximum Gasteiger partial charge on any atom is 0.404 e. The van der Waals surface area contributed by atoms with Gasteiger partial charge >= 0.3 is 6.09 Å². The quantitative estimate of drug-likeness (QED) is 0.627. The second-order valence-electron chi connectivity index (χ2n) is 10.2. The smallest absolute Gasteiger partial charge is 0.404 e. The molecule has 0 bridgehead atoms. The van der Waals surface area contributed by atoms with E-state index < -0.39 is 6.09 Å². The van der Waals surface area contributed by atoms with Gasteiger partial charge in [-0.15, -0.1) is 0 Å². The SMILES string of the molecule is C[C@]12CCC(=O)C=C1CC[C@@H]1[C@@H]2CC[C@]2(C)C(C(=O)NCCNC(=O)O)CC[C@@H]12. The number of amides is 2. The van der Waals surface area contributed by atoms with Crippen LogP contribution in [0.3, 0.4) is 0 Å². The van der Waals surface area contributed by atoms with Crippen LogP contribution < -0.4 is 10.6 Å². The second kappa shape index (κ2) is 7.44. The molecule has 0 aromatic carbocycles. The normalized spacial score (nSPS) is 40.9. The first-order chi connectivity index (χ1) is 13.8. The molecule has 0 aromatic heterocycles. The van der Waals surface area contributed by atoms with Crippen molar-refractivity contribution in [2.45, 2.75) is 65.2 Å². The van der Waals surface area contributed by atoms with Crippen LogP contribution in [0.1, 0.15) is 65.2 Å². The molecule has 6 heteroatoms. The fraction of sp³-hybridized carbons (Fsp3) is 0.783. The van der Waals surface area contributed by atoms with Crippen molar-refractivity contribution in [2.24, 2.45) is 34.5 Å². The summed E-state index contributed by atoms with van der Waals surface area (Å²) in [6, 6.07) is 0. The third-order valence-electron chi connectivity index (χ3n) is 8.98. The average Bonchev–Trinajstić information content (AvgIpc) is 3.03. The van der Waals surface area contributed by atoms with Gasteiger partial charge in [0.15, 0.2) is 5.78 Å². The van der Waals surface area contributed by atoms with Crippen molar-refractivity contribution in [3.63, 3.8) is 0 Å². The first-order valence-corrected chi connectivity index (χ1v) is 11.2. The summed E-state index contributed by atoms with van der Waals surface area (Å²) in [6.07, 6.45) is 8.99. The van der Waals surface area contributed by atoms with Crippen molar-refractivity contribution >= 4 is 17.8 Å². The molecular weight excluding hydrogens is 368 g/mol. The van der Waals surface area contributed by atoms with Crippen molar-refractivity contribution < 1.29 is 19.5 Å². The standard InChI is InChI=1S/C23H34N2O4/c1-22-9-7-15(26)13-14(22)3-4-16-17-5-6-19(23(17,2)10-8-18(16)22)20(27)24-11-12-25-21(28)29/h13,16-19,25H,3-12H2,1-2H3,(H,24,27)(H,28,29)/t16-,17-,18-,19?,22-,23-/m0/s1. The Balaban J connectivity index is 1.46. The molecule has 0 saturated heterocycles. The molecule has 0 radical (unpaired) electrons. The minimum Gasteiger partial charge on any atom is -0.465 e. The van der Waals surface area contributed by atoms with Crippen LogP contribution in [-0.4, -0.2) is 36.0 Å². The summed E-state index contributed by atoms with van der Waals surface area (Å²) in [5.74, 6) is 2.27. The van der Waals surface area contributed by atoms with Gasteiger partial charge in [0, 0.05) is 25.4 Å². The van der Waals surface area contributed by atoms with Gasteiger partial charge in [-0.3, -0.25) is 9.59 Å². The van der Waals surface area contributed by atoms with E-state index in [1.54, 1.807) is 0 Å². The summed E-state index contributed by atoms with van der Waals surface area (Å²) in [7, 11) is 0. The Morgan fingerprint density at radius 1 is 1.03 bits per heavy atom. The van der Waals surface area contributed by atoms with Gasteiger partial charge in [-0.25, -0.2) is 4.79 Å². The highest BCUT2D eigenvalue weighted by molar-refractivity contribution is 5.91. The molecule has 29 heavy (non-hydrogen) atoms. The minimum atomic E-state index is -1.06. The zero-order valence-electron chi connectivity index (χ0n) is 17.6. The molecule has 0 aromatic rings. The van der Waals surface area contributed by atoms with Gasteiger partial charge in [0.05, 0.1) is 0 Å². The number of carbonyl (C=O) groups excluding carboxylic acids is 2. The highest BCUT2D eigenvalue weighted by Gasteiger charge is 2.60. The molecule has 1 unspecified atom stereocenters. The largest absolute Gasteiger partial charge is 0.465 e. The van der Waals surface area contributed by atoms with Crippen LogP contribution >= 0.6 is 0 Å². The Kier molecular flexibility index (Phi) is 5.24. The maximum atomic E-state index is 12.9. The van der Waals surface area contributed by atoms with Crippen molar-refractivity contribution in [1.82, 2.24) is 10.6 Å². The van der Waals surface area contributed by atoms with E-state index in [1.165, 1.54) is 5.57 Å². The summed E-state index contributed by atoms with van der Waals surface area (Å²) >= 11 is 0. The third-order valence-corrected chi connectivity index (χ3v) is 8.98. The Bertz CT molecular complexity index is 747. The summed E-state index contributed by atoms with van der Waals surface area (Å²) in [5.41, 5.74) is 1.59. The van der Waals surface area contributed by atoms with Gasteiger partial charge in [-0.05, 0) is 79.6 Å².